The second-order valence-electron chi connectivity index (χ2n) is 5.99. The maximum absolute atomic E-state index is 12.6. The minimum atomic E-state index is -3.49. The number of rotatable bonds is 4. The van der Waals surface area contributed by atoms with Crippen LogP contribution in [0, 0.1) is 12.8 Å². The van der Waals surface area contributed by atoms with Gasteiger partial charge in [0, 0.05) is 18.8 Å². The topological polar surface area (TPSA) is 66.5 Å². The monoisotopic (exact) mass is 364 g/mol. The molecule has 0 radical (unpaired) electrons. The Labute approximate surface area is 146 Å². The molecule has 24 heavy (non-hydrogen) atoms. The van der Waals surface area contributed by atoms with Crippen molar-refractivity contribution in [2.75, 3.05) is 18.4 Å². The van der Waals surface area contributed by atoms with E-state index in [1.807, 2.05) is 31.2 Å². The van der Waals surface area contributed by atoms with Crippen molar-refractivity contribution in [3.63, 3.8) is 0 Å². The summed E-state index contributed by atoms with van der Waals surface area (Å²) in [6, 6.07) is 10.9. The zero-order valence-corrected chi connectivity index (χ0v) is 15.1. The highest BCUT2D eigenvalue weighted by molar-refractivity contribution is 7.91. The average molecular weight is 364 g/mol. The molecule has 128 valence electrons. The summed E-state index contributed by atoms with van der Waals surface area (Å²) < 4.78 is 27.0. The van der Waals surface area contributed by atoms with Gasteiger partial charge in [0.15, 0.2) is 0 Å². The molecule has 1 saturated heterocycles. The van der Waals surface area contributed by atoms with Gasteiger partial charge in [-0.3, -0.25) is 4.79 Å². The molecule has 1 aliphatic rings. The first-order valence-corrected chi connectivity index (χ1v) is 10.2. The van der Waals surface area contributed by atoms with Gasteiger partial charge in [-0.25, -0.2) is 8.42 Å². The number of sulfonamides is 1. The van der Waals surface area contributed by atoms with E-state index in [-0.39, 0.29) is 18.4 Å². The molecule has 0 spiro atoms. The number of nitrogens with one attached hydrogen (secondary N) is 1. The summed E-state index contributed by atoms with van der Waals surface area (Å²) in [4.78, 5) is 12.5. The minimum Gasteiger partial charge on any atom is -0.326 e. The highest BCUT2D eigenvalue weighted by Crippen LogP contribution is 2.27. The molecule has 0 aliphatic carbocycles. The molecule has 0 bridgehead atoms. The van der Waals surface area contributed by atoms with Gasteiger partial charge in [0.2, 0.25) is 5.91 Å². The van der Waals surface area contributed by atoms with E-state index in [1.165, 1.54) is 15.6 Å². The predicted octanol–water partition coefficient (Wildman–Crippen LogP) is 3.10. The van der Waals surface area contributed by atoms with Crippen LogP contribution in [0.25, 0.3) is 0 Å². The number of amides is 1. The number of benzene rings is 1. The Bertz CT molecular complexity index is 799. The van der Waals surface area contributed by atoms with E-state index in [0.29, 0.717) is 23.6 Å². The molecule has 1 atom stereocenters. The first-order chi connectivity index (χ1) is 11.5. The molecular weight excluding hydrogens is 344 g/mol. The van der Waals surface area contributed by atoms with Crippen LogP contribution in [-0.2, 0) is 14.8 Å². The number of thiophene rings is 1. The van der Waals surface area contributed by atoms with Crippen molar-refractivity contribution in [1.82, 2.24) is 4.31 Å². The van der Waals surface area contributed by atoms with Crippen LogP contribution in [0.5, 0.6) is 0 Å². The number of carbonyl (C=O) groups excluding carboxylic acids is 1. The fraction of sp³-hybridized carbons (Fsp3) is 0.353. The van der Waals surface area contributed by atoms with E-state index in [9.17, 15) is 13.2 Å². The molecule has 7 heteroatoms. The summed E-state index contributed by atoms with van der Waals surface area (Å²) in [6.07, 6.45) is 1.39. The zero-order chi connectivity index (χ0) is 17.2. The van der Waals surface area contributed by atoms with Crippen LogP contribution in [0.2, 0.25) is 0 Å². The Kier molecular flexibility index (Phi) is 5.03. The van der Waals surface area contributed by atoms with E-state index in [0.717, 1.165) is 11.3 Å². The highest BCUT2D eigenvalue weighted by atomic mass is 32.2. The SMILES string of the molecule is Cc1ccc(NC(=O)[C@H]2CCCN(S(=O)(=O)c3cccs3)C2)cc1. The fourth-order valence-corrected chi connectivity index (χ4v) is 5.46. The predicted molar refractivity (Wildman–Crippen MR) is 95.6 cm³/mol. The van der Waals surface area contributed by atoms with Gasteiger partial charge in [-0.05, 0) is 43.3 Å². The van der Waals surface area contributed by atoms with Gasteiger partial charge < -0.3 is 5.32 Å². The van der Waals surface area contributed by atoms with Crippen molar-refractivity contribution in [2.45, 2.75) is 24.0 Å². The number of piperidine rings is 1. The van der Waals surface area contributed by atoms with Crippen molar-refractivity contribution in [2.24, 2.45) is 5.92 Å². The molecule has 2 heterocycles. The molecule has 1 fully saturated rings. The molecule has 1 aromatic carbocycles. The Morgan fingerprint density at radius 2 is 2.00 bits per heavy atom. The van der Waals surface area contributed by atoms with Gasteiger partial charge in [0.1, 0.15) is 4.21 Å². The lowest BCUT2D eigenvalue weighted by Crippen LogP contribution is -2.43. The molecule has 1 N–H and O–H groups in total. The van der Waals surface area contributed by atoms with Gasteiger partial charge in [0.05, 0.1) is 5.92 Å². The minimum absolute atomic E-state index is 0.120. The second-order valence-corrected chi connectivity index (χ2v) is 9.10. The van der Waals surface area contributed by atoms with Gasteiger partial charge >= 0.3 is 0 Å². The number of hydrogen-bond acceptors (Lipinski definition) is 4. The summed E-state index contributed by atoms with van der Waals surface area (Å²) in [5.41, 5.74) is 1.86. The van der Waals surface area contributed by atoms with Crippen LogP contribution in [0.3, 0.4) is 0 Å². The molecule has 3 rings (SSSR count). The molecule has 1 aliphatic heterocycles. The Hall–Kier alpha value is -1.70. The molecule has 1 amide bonds. The standard InChI is InChI=1S/C17H20N2O3S2/c1-13-6-8-15(9-7-13)18-17(20)14-4-2-10-19(12-14)24(21,22)16-5-3-11-23-16/h3,5-9,11,14H,2,4,10,12H2,1H3,(H,18,20)/t14-/m0/s1. The van der Waals surface area contributed by atoms with Crippen LogP contribution in [-0.4, -0.2) is 31.7 Å². The van der Waals surface area contributed by atoms with Crippen LogP contribution < -0.4 is 5.32 Å². The third-order valence-electron chi connectivity index (χ3n) is 4.16. The molecule has 5 nitrogen and oxygen atoms in total. The van der Waals surface area contributed by atoms with Crippen molar-refractivity contribution < 1.29 is 13.2 Å². The number of aryl methyl sites for hydroxylation is 1. The summed E-state index contributed by atoms with van der Waals surface area (Å²) >= 11 is 1.21. The summed E-state index contributed by atoms with van der Waals surface area (Å²) in [6.45, 7) is 2.69. The molecule has 1 aromatic heterocycles. The number of hydrogen-bond donors (Lipinski definition) is 1. The zero-order valence-electron chi connectivity index (χ0n) is 13.4. The fourth-order valence-electron chi connectivity index (χ4n) is 2.79. The summed E-state index contributed by atoms with van der Waals surface area (Å²) in [7, 11) is -3.49. The molecule has 2 aromatic rings. The van der Waals surface area contributed by atoms with Crippen LogP contribution >= 0.6 is 11.3 Å². The number of carbonyl (C=O) groups is 1. The summed E-state index contributed by atoms with van der Waals surface area (Å²) in [5.74, 6) is -0.445. The third-order valence-corrected chi connectivity index (χ3v) is 7.40. The first kappa shape index (κ1) is 17.1. The van der Waals surface area contributed by atoms with Crippen molar-refractivity contribution in [3.05, 3.63) is 47.3 Å². The number of anilines is 1. The lowest BCUT2D eigenvalue weighted by atomic mass is 9.98. The lowest BCUT2D eigenvalue weighted by Gasteiger charge is -2.30. The first-order valence-electron chi connectivity index (χ1n) is 7.88. The van der Waals surface area contributed by atoms with Crippen molar-refractivity contribution in [3.8, 4) is 0 Å². The number of nitrogens with zero attached hydrogens (tertiary/aromatic N) is 1. The van der Waals surface area contributed by atoms with E-state index in [2.05, 4.69) is 5.32 Å². The highest BCUT2D eigenvalue weighted by Gasteiger charge is 2.33. The molecule has 0 unspecified atom stereocenters. The average Bonchev–Trinajstić information content (AvgIpc) is 3.12. The summed E-state index contributed by atoms with van der Waals surface area (Å²) in [5, 5.41) is 4.64. The maximum atomic E-state index is 12.6. The van der Waals surface area contributed by atoms with E-state index in [4.69, 9.17) is 0 Å². The Morgan fingerprint density at radius 3 is 2.67 bits per heavy atom. The van der Waals surface area contributed by atoms with E-state index < -0.39 is 10.0 Å². The second kappa shape index (κ2) is 7.04. The Balaban J connectivity index is 1.69. The largest absolute Gasteiger partial charge is 0.326 e. The van der Waals surface area contributed by atoms with Gasteiger partial charge in [-0.15, -0.1) is 11.3 Å². The molecule has 0 saturated carbocycles. The lowest BCUT2D eigenvalue weighted by molar-refractivity contribution is -0.120. The van der Waals surface area contributed by atoms with Crippen LogP contribution in [0.15, 0.2) is 46.0 Å². The third kappa shape index (κ3) is 3.68. The Morgan fingerprint density at radius 1 is 1.25 bits per heavy atom. The van der Waals surface area contributed by atoms with Gasteiger partial charge in [-0.1, -0.05) is 23.8 Å². The van der Waals surface area contributed by atoms with Crippen molar-refractivity contribution >= 4 is 33.0 Å². The van der Waals surface area contributed by atoms with Crippen molar-refractivity contribution in [1.29, 1.82) is 0 Å². The van der Waals surface area contributed by atoms with Gasteiger partial charge in [0.25, 0.3) is 10.0 Å². The smallest absolute Gasteiger partial charge is 0.252 e. The van der Waals surface area contributed by atoms with E-state index in [1.54, 1.807) is 17.5 Å². The van der Waals surface area contributed by atoms with Gasteiger partial charge in [-0.2, -0.15) is 4.31 Å². The normalized spacial score (nSPS) is 19.1. The van der Waals surface area contributed by atoms with Crippen LogP contribution in [0.1, 0.15) is 18.4 Å². The van der Waals surface area contributed by atoms with E-state index >= 15 is 0 Å². The molecular formula is C17H20N2O3S2. The van der Waals surface area contributed by atoms with Crippen LogP contribution in [0.4, 0.5) is 5.69 Å². The maximum Gasteiger partial charge on any atom is 0.252 e. The quantitative estimate of drug-likeness (QED) is 0.906.